The zero-order chi connectivity index (χ0) is 13.5. The summed E-state index contributed by atoms with van der Waals surface area (Å²) < 4.78 is 0. The van der Waals surface area contributed by atoms with Crippen molar-refractivity contribution in [2.45, 2.75) is 32.6 Å². The fraction of sp³-hybridized carbons (Fsp3) is 0.333. The molecule has 1 aliphatic heterocycles. The second kappa shape index (κ2) is 4.41. The van der Waals surface area contributed by atoms with Gasteiger partial charge >= 0.3 is 0 Å². The van der Waals surface area contributed by atoms with E-state index >= 15 is 0 Å². The molecule has 2 aromatic carbocycles. The first-order valence-corrected chi connectivity index (χ1v) is 7.02. The van der Waals surface area contributed by atoms with Crippen LogP contribution in [0.25, 0.3) is 11.1 Å². The van der Waals surface area contributed by atoms with Crippen molar-refractivity contribution in [3.63, 3.8) is 0 Å². The smallest absolute Gasteiger partial charge is 0.0379 e. The van der Waals surface area contributed by atoms with Crippen LogP contribution in [0.15, 0.2) is 42.5 Å². The van der Waals surface area contributed by atoms with Crippen LogP contribution in [0.2, 0.25) is 0 Å². The van der Waals surface area contributed by atoms with Crippen LogP contribution >= 0.6 is 0 Å². The van der Waals surface area contributed by atoms with Gasteiger partial charge in [-0.15, -0.1) is 0 Å². The van der Waals surface area contributed by atoms with Crippen molar-refractivity contribution in [2.24, 2.45) is 0 Å². The molecule has 0 fully saturated rings. The van der Waals surface area contributed by atoms with E-state index < -0.39 is 0 Å². The largest absolute Gasteiger partial charge is 0.384 e. The standard InChI is InChI=1S/C18H21N/c1-18(2,3)16-8-6-13(7-9-16)15-5-4-14-10-11-19-17(14)12-15/h4-9,12,19H,10-11H2,1-3H3. The van der Waals surface area contributed by atoms with Crippen LogP contribution in [-0.4, -0.2) is 6.54 Å². The van der Waals surface area contributed by atoms with Crippen molar-refractivity contribution >= 4 is 5.69 Å². The fourth-order valence-electron chi connectivity index (χ4n) is 2.63. The highest BCUT2D eigenvalue weighted by Gasteiger charge is 2.14. The van der Waals surface area contributed by atoms with Crippen LogP contribution in [0, 0.1) is 0 Å². The minimum Gasteiger partial charge on any atom is -0.384 e. The minimum absolute atomic E-state index is 0.220. The van der Waals surface area contributed by atoms with E-state index in [1.165, 1.54) is 27.9 Å². The SMILES string of the molecule is CC(C)(C)c1ccc(-c2ccc3c(c2)NCC3)cc1. The van der Waals surface area contributed by atoms with E-state index in [-0.39, 0.29) is 5.41 Å². The van der Waals surface area contributed by atoms with E-state index in [4.69, 9.17) is 0 Å². The van der Waals surface area contributed by atoms with Crippen LogP contribution in [0.1, 0.15) is 31.9 Å². The molecule has 0 unspecified atom stereocenters. The van der Waals surface area contributed by atoms with Gasteiger partial charge in [0.2, 0.25) is 0 Å². The molecule has 0 bridgehead atoms. The topological polar surface area (TPSA) is 12.0 Å². The quantitative estimate of drug-likeness (QED) is 0.780. The normalized spacial score (nSPS) is 14.1. The Bertz CT molecular complexity index is 588. The lowest BCUT2D eigenvalue weighted by Gasteiger charge is -2.19. The van der Waals surface area contributed by atoms with Gasteiger partial charge < -0.3 is 5.32 Å². The third-order valence-electron chi connectivity index (χ3n) is 3.90. The Labute approximate surface area is 115 Å². The number of hydrogen-bond donors (Lipinski definition) is 1. The van der Waals surface area contributed by atoms with Crippen LogP contribution in [0.5, 0.6) is 0 Å². The second-order valence-corrected chi connectivity index (χ2v) is 6.38. The second-order valence-electron chi connectivity index (χ2n) is 6.38. The van der Waals surface area contributed by atoms with Gasteiger partial charge in [-0.1, -0.05) is 57.2 Å². The first kappa shape index (κ1) is 12.3. The summed E-state index contributed by atoms with van der Waals surface area (Å²) in [7, 11) is 0. The summed E-state index contributed by atoms with van der Waals surface area (Å²) in [5.74, 6) is 0. The maximum atomic E-state index is 3.45. The van der Waals surface area contributed by atoms with Crippen molar-refractivity contribution in [3.8, 4) is 11.1 Å². The van der Waals surface area contributed by atoms with Gasteiger partial charge in [0.05, 0.1) is 0 Å². The van der Waals surface area contributed by atoms with Crippen molar-refractivity contribution in [1.29, 1.82) is 0 Å². The van der Waals surface area contributed by atoms with Gasteiger partial charge in [-0.2, -0.15) is 0 Å². The summed E-state index contributed by atoms with van der Waals surface area (Å²) in [5.41, 5.74) is 6.94. The highest BCUT2D eigenvalue weighted by Crippen LogP contribution is 2.30. The van der Waals surface area contributed by atoms with Crippen molar-refractivity contribution in [3.05, 3.63) is 53.6 Å². The Morgan fingerprint density at radius 3 is 2.26 bits per heavy atom. The predicted octanol–water partition coefficient (Wildman–Crippen LogP) is 4.62. The third-order valence-corrected chi connectivity index (χ3v) is 3.90. The van der Waals surface area contributed by atoms with Crippen LogP contribution in [-0.2, 0) is 11.8 Å². The van der Waals surface area contributed by atoms with E-state index in [1.54, 1.807) is 0 Å². The minimum atomic E-state index is 0.220. The lowest BCUT2D eigenvalue weighted by Crippen LogP contribution is -2.10. The molecule has 1 heteroatoms. The third kappa shape index (κ3) is 2.37. The Balaban J connectivity index is 1.94. The van der Waals surface area contributed by atoms with Crippen molar-refractivity contribution in [2.75, 3.05) is 11.9 Å². The summed E-state index contributed by atoms with van der Waals surface area (Å²) in [5, 5.41) is 3.45. The highest BCUT2D eigenvalue weighted by atomic mass is 14.9. The van der Waals surface area contributed by atoms with Gasteiger partial charge in [-0.05, 0) is 40.2 Å². The number of benzene rings is 2. The maximum Gasteiger partial charge on any atom is 0.0379 e. The van der Waals surface area contributed by atoms with Crippen LogP contribution < -0.4 is 5.32 Å². The Hall–Kier alpha value is -1.76. The van der Waals surface area contributed by atoms with E-state index in [2.05, 4.69) is 68.6 Å². The molecule has 1 aliphatic rings. The predicted molar refractivity (Wildman–Crippen MR) is 82.8 cm³/mol. The molecule has 0 aromatic heterocycles. The Kier molecular flexibility index (Phi) is 2.85. The van der Waals surface area contributed by atoms with Crippen LogP contribution in [0.4, 0.5) is 5.69 Å². The van der Waals surface area contributed by atoms with Gasteiger partial charge in [0.15, 0.2) is 0 Å². The van der Waals surface area contributed by atoms with E-state index in [1.807, 2.05) is 0 Å². The molecule has 2 aromatic rings. The lowest BCUT2D eigenvalue weighted by molar-refractivity contribution is 0.590. The molecule has 0 amide bonds. The molecule has 0 aliphatic carbocycles. The molecule has 0 spiro atoms. The van der Waals surface area contributed by atoms with Crippen molar-refractivity contribution < 1.29 is 0 Å². The molecule has 1 nitrogen and oxygen atoms in total. The molecule has 0 saturated heterocycles. The van der Waals surface area contributed by atoms with Gasteiger partial charge in [0.1, 0.15) is 0 Å². The van der Waals surface area contributed by atoms with E-state index in [0.717, 1.165) is 13.0 Å². The molecule has 19 heavy (non-hydrogen) atoms. The van der Waals surface area contributed by atoms with Gasteiger partial charge in [0, 0.05) is 12.2 Å². The van der Waals surface area contributed by atoms with Gasteiger partial charge in [0.25, 0.3) is 0 Å². The molecular weight excluding hydrogens is 230 g/mol. The monoisotopic (exact) mass is 251 g/mol. The van der Waals surface area contributed by atoms with E-state index in [0.29, 0.717) is 0 Å². The number of rotatable bonds is 1. The first-order chi connectivity index (χ1) is 9.04. The van der Waals surface area contributed by atoms with E-state index in [9.17, 15) is 0 Å². The van der Waals surface area contributed by atoms with Gasteiger partial charge in [-0.25, -0.2) is 0 Å². The highest BCUT2D eigenvalue weighted by molar-refractivity contribution is 5.71. The first-order valence-electron chi connectivity index (χ1n) is 7.02. The molecule has 3 rings (SSSR count). The van der Waals surface area contributed by atoms with Gasteiger partial charge in [-0.3, -0.25) is 0 Å². The average molecular weight is 251 g/mol. The van der Waals surface area contributed by atoms with Crippen LogP contribution in [0.3, 0.4) is 0 Å². The average Bonchev–Trinajstić information content (AvgIpc) is 2.85. The summed E-state index contributed by atoms with van der Waals surface area (Å²) in [4.78, 5) is 0. The molecule has 1 N–H and O–H groups in total. The zero-order valence-corrected chi connectivity index (χ0v) is 12.0. The molecule has 98 valence electrons. The maximum absolute atomic E-state index is 3.45. The number of anilines is 1. The summed E-state index contributed by atoms with van der Waals surface area (Å²) in [6.07, 6.45) is 1.15. The Morgan fingerprint density at radius 2 is 1.58 bits per heavy atom. The summed E-state index contributed by atoms with van der Waals surface area (Å²) >= 11 is 0. The molecular formula is C18H21N. The summed E-state index contributed by atoms with van der Waals surface area (Å²) in [6, 6.07) is 15.7. The lowest BCUT2D eigenvalue weighted by atomic mass is 9.86. The number of hydrogen-bond acceptors (Lipinski definition) is 1. The Morgan fingerprint density at radius 1 is 0.895 bits per heavy atom. The molecule has 1 heterocycles. The number of fused-ring (bicyclic) bond motifs is 1. The zero-order valence-electron chi connectivity index (χ0n) is 12.0. The van der Waals surface area contributed by atoms with Crippen molar-refractivity contribution in [1.82, 2.24) is 0 Å². The fourth-order valence-corrected chi connectivity index (χ4v) is 2.63. The number of nitrogens with one attached hydrogen (secondary N) is 1. The summed E-state index contributed by atoms with van der Waals surface area (Å²) in [6.45, 7) is 7.83. The molecule has 0 radical (unpaired) electrons. The molecule has 0 atom stereocenters. The molecule has 0 saturated carbocycles.